The van der Waals surface area contributed by atoms with Crippen LogP contribution in [0.2, 0.25) is 5.02 Å². The Morgan fingerprint density at radius 1 is 0.857 bits per heavy atom. The Morgan fingerprint density at radius 3 is 2.31 bits per heavy atom. The second-order valence-electron chi connectivity index (χ2n) is 8.96. The molecule has 0 amide bonds. The van der Waals surface area contributed by atoms with Crippen molar-refractivity contribution in [1.82, 2.24) is 14.5 Å². The lowest BCUT2D eigenvalue weighted by molar-refractivity contribution is 0.212. The van der Waals surface area contributed by atoms with Crippen LogP contribution in [0.15, 0.2) is 83.7 Å². The van der Waals surface area contributed by atoms with E-state index in [1.165, 1.54) is 11.1 Å². The minimum atomic E-state index is 0.00590. The van der Waals surface area contributed by atoms with Gasteiger partial charge in [0.2, 0.25) is 0 Å². The zero-order chi connectivity index (χ0) is 23.9. The molecule has 1 saturated heterocycles. The normalized spacial score (nSPS) is 15.7. The van der Waals surface area contributed by atoms with Crippen molar-refractivity contribution in [3.8, 4) is 0 Å². The van der Waals surface area contributed by atoms with Gasteiger partial charge in [0.05, 0.1) is 21.8 Å². The van der Waals surface area contributed by atoms with Crippen LogP contribution in [-0.2, 0) is 7.05 Å². The summed E-state index contributed by atoms with van der Waals surface area (Å²) in [7, 11) is 1.82. The van der Waals surface area contributed by atoms with Crippen molar-refractivity contribution in [2.45, 2.75) is 6.04 Å². The second-order valence-corrected chi connectivity index (χ2v) is 10.4. The third-order valence-electron chi connectivity index (χ3n) is 6.90. The van der Waals surface area contributed by atoms with E-state index in [-0.39, 0.29) is 11.6 Å². The predicted molar refractivity (Wildman–Crippen MR) is 146 cm³/mol. The zero-order valence-electron chi connectivity index (χ0n) is 19.4. The highest BCUT2D eigenvalue weighted by atomic mass is 35.5. The van der Waals surface area contributed by atoms with Crippen molar-refractivity contribution in [2.75, 3.05) is 31.1 Å². The van der Waals surface area contributed by atoms with Gasteiger partial charge >= 0.3 is 0 Å². The molecule has 3 aromatic carbocycles. The van der Waals surface area contributed by atoms with E-state index in [1.54, 1.807) is 22.0 Å². The average molecular weight is 501 g/mol. The number of pyridine rings is 1. The first-order valence-electron chi connectivity index (χ1n) is 11.8. The van der Waals surface area contributed by atoms with Crippen molar-refractivity contribution < 1.29 is 0 Å². The van der Waals surface area contributed by atoms with Gasteiger partial charge < -0.3 is 9.47 Å². The van der Waals surface area contributed by atoms with Gasteiger partial charge in [0.25, 0.3) is 5.56 Å². The first kappa shape index (κ1) is 22.3. The SMILES string of the molecule is Cn1c(=O)ccc2c3sc(N4CCN(C(c5ccccc5)c5ccc(Cl)cc5)CC4)nc3ccc21. The van der Waals surface area contributed by atoms with Gasteiger partial charge in [0, 0.05) is 49.7 Å². The van der Waals surface area contributed by atoms with Gasteiger partial charge in [0.1, 0.15) is 0 Å². The van der Waals surface area contributed by atoms with E-state index >= 15 is 0 Å². The molecule has 6 rings (SSSR count). The van der Waals surface area contributed by atoms with Crippen LogP contribution in [0.3, 0.4) is 0 Å². The van der Waals surface area contributed by atoms with E-state index in [4.69, 9.17) is 16.6 Å². The zero-order valence-corrected chi connectivity index (χ0v) is 21.0. The maximum absolute atomic E-state index is 12.1. The molecule has 1 fully saturated rings. The van der Waals surface area contributed by atoms with Gasteiger partial charge in [-0.3, -0.25) is 9.69 Å². The number of halogens is 1. The fraction of sp³-hybridized carbons (Fsp3) is 0.214. The highest BCUT2D eigenvalue weighted by Crippen LogP contribution is 2.36. The molecule has 7 heteroatoms. The van der Waals surface area contributed by atoms with Crippen LogP contribution in [-0.4, -0.2) is 40.6 Å². The summed E-state index contributed by atoms with van der Waals surface area (Å²) in [5.41, 5.74) is 4.48. The Hall–Kier alpha value is -3.19. The summed E-state index contributed by atoms with van der Waals surface area (Å²) in [5.74, 6) is 0. The van der Waals surface area contributed by atoms with Gasteiger partial charge in [-0.2, -0.15) is 0 Å². The number of hydrogen-bond donors (Lipinski definition) is 0. The molecule has 176 valence electrons. The van der Waals surface area contributed by atoms with Crippen molar-refractivity contribution in [3.05, 3.63) is 105 Å². The summed E-state index contributed by atoms with van der Waals surface area (Å²) < 4.78 is 2.84. The highest BCUT2D eigenvalue weighted by molar-refractivity contribution is 7.23. The minimum Gasteiger partial charge on any atom is -0.345 e. The number of aromatic nitrogens is 2. The largest absolute Gasteiger partial charge is 0.345 e. The van der Waals surface area contributed by atoms with Crippen molar-refractivity contribution in [2.24, 2.45) is 7.05 Å². The third-order valence-corrected chi connectivity index (χ3v) is 8.31. The summed E-state index contributed by atoms with van der Waals surface area (Å²) in [6.07, 6.45) is 0. The molecule has 35 heavy (non-hydrogen) atoms. The molecular weight excluding hydrogens is 476 g/mol. The number of nitrogens with zero attached hydrogens (tertiary/aromatic N) is 4. The summed E-state index contributed by atoms with van der Waals surface area (Å²) in [6.45, 7) is 3.70. The molecule has 0 bridgehead atoms. The average Bonchev–Trinajstić information content (AvgIpc) is 3.33. The van der Waals surface area contributed by atoms with E-state index in [9.17, 15) is 4.79 Å². The van der Waals surface area contributed by atoms with Gasteiger partial charge in [-0.15, -0.1) is 0 Å². The van der Waals surface area contributed by atoms with E-state index < -0.39 is 0 Å². The number of aryl methyl sites for hydroxylation is 1. The minimum absolute atomic E-state index is 0.00590. The van der Waals surface area contributed by atoms with E-state index in [2.05, 4.69) is 52.3 Å². The maximum Gasteiger partial charge on any atom is 0.250 e. The lowest BCUT2D eigenvalue weighted by Crippen LogP contribution is -2.47. The van der Waals surface area contributed by atoms with Crippen LogP contribution >= 0.6 is 22.9 Å². The molecule has 1 aliphatic heterocycles. The molecule has 5 aromatic rings. The predicted octanol–water partition coefficient (Wildman–Crippen LogP) is 5.71. The number of benzene rings is 3. The smallest absolute Gasteiger partial charge is 0.250 e. The van der Waals surface area contributed by atoms with Crippen LogP contribution in [0.25, 0.3) is 21.1 Å². The number of thiazole rings is 1. The molecule has 1 aliphatic rings. The summed E-state index contributed by atoms with van der Waals surface area (Å²) in [6, 6.07) is 26.7. The Bertz CT molecular complexity index is 1550. The molecule has 1 atom stereocenters. The van der Waals surface area contributed by atoms with Crippen LogP contribution in [0.5, 0.6) is 0 Å². The standard InChI is InChI=1S/C28H25ClN4OS/c1-31-24-13-12-23-27(22(24)11-14-25(31)34)35-28(30-23)33-17-15-32(16-18-33)26(19-5-3-2-4-6-19)20-7-9-21(29)10-8-20/h2-14,26H,15-18H2,1H3. The van der Waals surface area contributed by atoms with Crippen molar-refractivity contribution >= 4 is 49.2 Å². The van der Waals surface area contributed by atoms with Crippen molar-refractivity contribution in [3.63, 3.8) is 0 Å². The van der Waals surface area contributed by atoms with E-state index in [0.29, 0.717) is 0 Å². The molecule has 3 heterocycles. The monoisotopic (exact) mass is 500 g/mol. The Morgan fingerprint density at radius 2 is 1.57 bits per heavy atom. The van der Waals surface area contributed by atoms with Crippen molar-refractivity contribution in [1.29, 1.82) is 0 Å². The Labute approximate surface area is 212 Å². The Kier molecular flexibility index (Phi) is 5.80. The fourth-order valence-electron chi connectivity index (χ4n) is 5.03. The molecule has 1 unspecified atom stereocenters. The second kappa shape index (κ2) is 9.11. The van der Waals surface area contributed by atoms with Gasteiger partial charge in [0.15, 0.2) is 5.13 Å². The van der Waals surface area contributed by atoms with E-state index in [0.717, 1.165) is 57.5 Å². The first-order chi connectivity index (χ1) is 17.1. The molecule has 5 nitrogen and oxygen atoms in total. The molecule has 0 spiro atoms. The molecule has 0 radical (unpaired) electrons. The first-order valence-corrected chi connectivity index (χ1v) is 13.0. The van der Waals surface area contributed by atoms with E-state index in [1.807, 2.05) is 37.4 Å². The van der Waals surface area contributed by atoms with Crippen LogP contribution < -0.4 is 10.5 Å². The van der Waals surface area contributed by atoms with Gasteiger partial charge in [-0.05, 0) is 41.5 Å². The molecule has 0 saturated carbocycles. The van der Waals surface area contributed by atoms with Gasteiger partial charge in [-0.25, -0.2) is 4.98 Å². The Balaban J connectivity index is 1.28. The maximum atomic E-state index is 12.1. The fourth-order valence-corrected chi connectivity index (χ4v) is 6.29. The van der Waals surface area contributed by atoms with Crippen LogP contribution in [0.1, 0.15) is 17.2 Å². The lowest BCUT2D eigenvalue weighted by atomic mass is 9.96. The lowest BCUT2D eigenvalue weighted by Gasteiger charge is -2.39. The van der Waals surface area contributed by atoms with Crippen LogP contribution in [0.4, 0.5) is 5.13 Å². The molecule has 2 aromatic heterocycles. The molecule has 0 aliphatic carbocycles. The number of anilines is 1. The topological polar surface area (TPSA) is 41.4 Å². The highest BCUT2D eigenvalue weighted by Gasteiger charge is 2.27. The number of hydrogen-bond acceptors (Lipinski definition) is 5. The third kappa shape index (κ3) is 4.12. The van der Waals surface area contributed by atoms with Gasteiger partial charge in [-0.1, -0.05) is 65.4 Å². The summed E-state index contributed by atoms with van der Waals surface area (Å²) >= 11 is 7.90. The molecule has 0 N–H and O–H groups in total. The number of piperazine rings is 1. The molecular formula is C28H25ClN4OS. The number of fused-ring (bicyclic) bond motifs is 3. The van der Waals surface area contributed by atoms with Crippen LogP contribution in [0, 0.1) is 0 Å². The summed E-state index contributed by atoms with van der Waals surface area (Å²) in [4.78, 5) is 22.0. The quantitative estimate of drug-likeness (QED) is 0.317. The summed E-state index contributed by atoms with van der Waals surface area (Å²) in [5, 5.41) is 2.89. The number of rotatable bonds is 4.